The molecule has 1 unspecified atom stereocenters. The van der Waals surface area contributed by atoms with Crippen molar-refractivity contribution in [3.8, 4) is 0 Å². The van der Waals surface area contributed by atoms with Gasteiger partial charge in [-0.05, 0) is 27.7 Å². The van der Waals surface area contributed by atoms with Crippen molar-refractivity contribution in [3.63, 3.8) is 0 Å². The fraction of sp³-hybridized carbons (Fsp3) is 0.875. The smallest absolute Gasteiger partial charge is 0.307 e. The zero-order valence-corrected chi connectivity index (χ0v) is 8.90. The molecule has 3 nitrogen and oxygen atoms in total. The van der Waals surface area contributed by atoms with Crippen molar-refractivity contribution in [1.29, 1.82) is 0 Å². The summed E-state index contributed by atoms with van der Waals surface area (Å²) in [5.74, 6) is -0.229. The summed E-state index contributed by atoms with van der Waals surface area (Å²) in [6.07, 6.45) is 0.289. The molecule has 0 saturated heterocycles. The van der Waals surface area contributed by atoms with E-state index in [4.69, 9.17) is 10.5 Å². The molecule has 2 N–H and O–H groups in total. The molecule has 0 aliphatic heterocycles. The van der Waals surface area contributed by atoms with Crippen LogP contribution in [0.15, 0.2) is 0 Å². The summed E-state index contributed by atoms with van der Waals surface area (Å²) in [5, 5.41) is 0. The Bertz CT molecular complexity index is 140. The summed E-state index contributed by atoms with van der Waals surface area (Å²) in [7, 11) is 0. The van der Waals surface area contributed by atoms with E-state index >= 15 is 0 Å². The second-order valence-corrected chi connectivity index (χ2v) is 3.77. The Morgan fingerprint density at radius 1 is 1.50 bits per heavy atom. The van der Waals surface area contributed by atoms with Gasteiger partial charge in [0.05, 0.1) is 6.42 Å². The molecule has 0 aromatic rings. The number of nitrogens with two attached hydrogens (primary N) is 1. The Morgan fingerprint density at radius 2 is 1.92 bits per heavy atom. The van der Waals surface area contributed by atoms with Crippen LogP contribution in [0.2, 0.25) is 0 Å². The highest BCUT2D eigenvalue weighted by Crippen LogP contribution is 2.08. The Morgan fingerprint density at radius 3 is 2.17 bits per heavy atom. The molecule has 0 aromatic heterocycles. The van der Waals surface area contributed by atoms with Crippen molar-refractivity contribution in [2.75, 3.05) is 0 Å². The summed E-state index contributed by atoms with van der Waals surface area (Å²) < 4.78 is 5.03. The van der Waals surface area contributed by atoms with Gasteiger partial charge in [0.15, 0.2) is 0 Å². The second-order valence-electron chi connectivity index (χ2n) is 3.77. The van der Waals surface area contributed by atoms with Crippen molar-refractivity contribution in [1.82, 2.24) is 0 Å². The topological polar surface area (TPSA) is 52.3 Å². The lowest BCUT2D eigenvalue weighted by molar-refractivity contribution is -0.155. The molecule has 74 valence electrons. The summed E-state index contributed by atoms with van der Waals surface area (Å²) in [5.41, 5.74) is 5.01. The van der Waals surface area contributed by atoms with E-state index in [1.54, 1.807) is 6.92 Å². The van der Waals surface area contributed by atoms with Gasteiger partial charge in [0.1, 0.15) is 5.60 Å². The van der Waals surface area contributed by atoms with Gasteiger partial charge in [-0.15, -0.1) is 12.4 Å². The Labute approximate surface area is 80.1 Å². The zero-order chi connectivity index (χ0) is 9.07. The van der Waals surface area contributed by atoms with Crippen LogP contribution in [0.3, 0.4) is 0 Å². The van der Waals surface area contributed by atoms with Gasteiger partial charge in [-0.25, -0.2) is 0 Å². The number of halogens is 1. The zero-order valence-electron chi connectivity index (χ0n) is 8.09. The third-order valence-corrected chi connectivity index (χ3v) is 0.909. The van der Waals surface area contributed by atoms with Crippen LogP contribution < -0.4 is 5.73 Å². The summed E-state index contributed by atoms with van der Waals surface area (Å²) in [6, 6.07) is -0.121. The first kappa shape index (κ1) is 14.3. The number of carbonyl (C=O) groups excluding carboxylic acids is 1. The molecule has 0 aromatic carbocycles. The number of esters is 1. The lowest BCUT2D eigenvalue weighted by Crippen LogP contribution is -2.28. The normalized spacial score (nSPS) is 13.1. The van der Waals surface area contributed by atoms with Crippen molar-refractivity contribution < 1.29 is 9.53 Å². The standard InChI is InChI=1S/C8H17NO2.ClH/c1-6(9)5-7(10)11-8(2,3)4;/h6H,5,9H2,1-4H3;1H. The van der Waals surface area contributed by atoms with Crippen LogP contribution in [0.4, 0.5) is 0 Å². The minimum atomic E-state index is -0.397. The van der Waals surface area contributed by atoms with Crippen LogP contribution in [-0.4, -0.2) is 17.6 Å². The minimum Gasteiger partial charge on any atom is -0.460 e. The van der Waals surface area contributed by atoms with Crippen LogP contribution in [-0.2, 0) is 9.53 Å². The van der Waals surface area contributed by atoms with Gasteiger partial charge in [0.25, 0.3) is 0 Å². The molecule has 0 aliphatic carbocycles. The second kappa shape index (κ2) is 5.38. The van der Waals surface area contributed by atoms with E-state index < -0.39 is 5.60 Å². The first-order valence-corrected chi connectivity index (χ1v) is 3.78. The predicted molar refractivity (Wildman–Crippen MR) is 51.4 cm³/mol. The molecule has 0 radical (unpaired) electrons. The third-order valence-electron chi connectivity index (χ3n) is 0.909. The summed E-state index contributed by atoms with van der Waals surface area (Å²) in [4.78, 5) is 11.0. The van der Waals surface area contributed by atoms with Crippen molar-refractivity contribution in [3.05, 3.63) is 0 Å². The molecule has 0 fully saturated rings. The van der Waals surface area contributed by atoms with E-state index in [2.05, 4.69) is 0 Å². The van der Waals surface area contributed by atoms with E-state index in [9.17, 15) is 4.79 Å². The van der Waals surface area contributed by atoms with Crippen LogP contribution in [0.25, 0.3) is 0 Å². The quantitative estimate of drug-likeness (QED) is 0.680. The van der Waals surface area contributed by atoms with Gasteiger partial charge in [0, 0.05) is 6.04 Å². The average molecular weight is 196 g/mol. The van der Waals surface area contributed by atoms with Gasteiger partial charge in [-0.2, -0.15) is 0 Å². The first-order valence-electron chi connectivity index (χ1n) is 3.78. The van der Waals surface area contributed by atoms with Crippen molar-refractivity contribution in [2.24, 2.45) is 5.73 Å². The van der Waals surface area contributed by atoms with E-state index in [0.717, 1.165) is 0 Å². The molecule has 4 heteroatoms. The van der Waals surface area contributed by atoms with E-state index in [-0.39, 0.29) is 30.8 Å². The van der Waals surface area contributed by atoms with Gasteiger partial charge < -0.3 is 10.5 Å². The largest absolute Gasteiger partial charge is 0.460 e. The highest BCUT2D eigenvalue weighted by atomic mass is 35.5. The van der Waals surface area contributed by atoms with Crippen LogP contribution in [0, 0.1) is 0 Å². The fourth-order valence-corrected chi connectivity index (χ4v) is 0.646. The number of hydrogen-bond donors (Lipinski definition) is 1. The molecule has 1 atom stereocenters. The lowest BCUT2D eigenvalue weighted by Gasteiger charge is -2.19. The highest BCUT2D eigenvalue weighted by molar-refractivity contribution is 5.85. The number of rotatable bonds is 2. The molecule has 0 rings (SSSR count). The van der Waals surface area contributed by atoms with Gasteiger partial charge in [-0.3, -0.25) is 4.79 Å². The molecule has 0 heterocycles. The van der Waals surface area contributed by atoms with E-state index in [1.165, 1.54) is 0 Å². The predicted octanol–water partition coefficient (Wildman–Crippen LogP) is 1.49. The van der Waals surface area contributed by atoms with Gasteiger partial charge >= 0.3 is 5.97 Å². The first-order chi connectivity index (χ1) is 4.81. The Hall–Kier alpha value is -0.280. The molecular weight excluding hydrogens is 178 g/mol. The molecule has 0 spiro atoms. The van der Waals surface area contributed by atoms with Crippen LogP contribution in [0.5, 0.6) is 0 Å². The highest BCUT2D eigenvalue weighted by Gasteiger charge is 2.16. The van der Waals surface area contributed by atoms with Gasteiger partial charge in [0.2, 0.25) is 0 Å². The number of hydrogen-bond acceptors (Lipinski definition) is 3. The van der Waals surface area contributed by atoms with Crippen molar-refractivity contribution in [2.45, 2.75) is 45.8 Å². The number of carbonyl (C=O) groups is 1. The number of ether oxygens (including phenoxy) is 1. The molecule has 0 aliphatic rings. The van der Waals surface area contributed by atoms with E-state index in [0.29, 0.717) is 0 Å². The molecule has 12 heavy (non-hydrogen) atoms. The summed E-state index contributed by atoms with van der Waals surface area (Å²) in [6.45, 7) is 7.30. The Balaban J connectivity index is 0. The average Bonchev–Trinajstić information content (AvgIpc) is 1.53. The molecule has 0 bridgehead atoms. The monoisotopic (exact) mass is 195 g/mol. The van der Waals surface area contributed by atoms with E-state index in [1.807, 2.05) is 20.8 Å². The fourth-order valence-electron chi connectivity index (χ4n) is 0.646. The maximum absolute atomic E-state index is 11.0. The molecule has 0 amide bonds. The maximum Gasteiger partial charge on any atom is 0.307 e. The molecular formula is C8H18ClNO2. The van der Waals surface area contributed by atoms with Crippen LogP contribution in [0.1, 0.15) is 34.1 Å². The molecule has 0 saturated carbocycles. The maximum atomic E-state index is 11.0. The van der Waals surface area contributed by atoms with Gasteiger partial charge in [-0.1, -0.05) is 0 Å². The third kappa shape index (κ3) is 9.72. The summed E-state index contributed by atoms with van der Waals surface area (Å²) >= 11 is 0. The Kier molecular flexibility index (Phi) is 6.39. The lowest BCUT2D eigenvalue weighted by atomic mass is 10.2. The van der Waals surface area contributed by atoms with Crippen molar-refractivity contribution >= 4 is 18.4 Å². The SMILES string of the molecule is CC(N)CC(=O)OC(C)(C)C.Cl. The van der Waals surface area contributed by atoms with Crippen LogP contribution >= 0.6 is 12.4 Å². The minimum absolute atomic E-state index is 0.